The Bertz CT molecular complexity index is 511. The minimum absolute atomic E-state index is 0.0814. The molecule has 0 aliphatic heterocycles. The Morgan fingerprint density at radius 1 is 1.37 bits per heavy atom. The van der Waals surface area contributed by atoms with E-state index >= 15 is 0 Å². The number of sulfonamides is 1. The van der Waals surface area contributed by atoms with Crippen LogP contribution in [0, 0.1) is 0 Å². The fraction of sp³-hybridized carbons (Fsp3) is 0.600. The van der Waals surface area contributed by atoms with Gasteiger partial charge in [-0.2, -0.15) is 17.5 Å². The van der Waals surface area contributed by atoms with E-state index in [-0.39, 0.29) is 10.8 Å². The van der Waals surface area contributed by atoms with E-state index in [1.807, 2.05) is 0 Å². The molecule has 0 unspecified atom stereocenters. The third kappa shape index (κ3) is 4.44. The molecule has 1 aromatic heterocycles. The molecular formula is C10H15F3N2O2S2. The van der Waals surface area contributed by atoms with E-state index in [0.717, 1.165) is 16.2 Å². The molecule has 9 heteroatoms. The van der Waals surface area contributed by atoms with Crippen LogP contribution in [-0.4, -0.2) is 38.5 Å². The lowest BCUT2D eigenvalue weighted by Crippen LogP contribution is -2.38. The lowest BCUT2D eigenvalue weighted by atomic mass is 10.3. The Kier molecular flexibility index (Phi) is 5.36. The van der Waals surface area contributed by atoms with Gasteiger partial charge < -0.3 is 5.73 Å². The first-order chi connectivity index (χ1) is 8.70. The fourth-order valence-corrected chi connectivity index (χ4v) is 4.43. The van der Waals surface area contributed by atoms with Crippen LogP contribution in [-0.2, 0) is 16.4 Å². The standard InChI is InChI=1S/C10H15F3N2O2S2/c1-2-15(7-10(11,12)13)19(16,17)9-4-3-8(18-9)5-6-14/h3-4H,2,5-7,14H2,1H3. The van der Waals surface area contributed by atoms with E-state index < -0.39 is 22.7 Å². The van der Waals surface area contributed by atoms with Crippen molar-refractivity contribution in [3.8, 4) is 0 Å². The molecule has 0 atom stereocenters. The molecule has 0 radical (unpaired) electrons. The normalized spacial score (nSPS) is 13.2. The van der Waals surface area contributed by atoms with Crippen LogP contribution in [0.15, 0.2) is 16.3 Å². The molecule has 0 saturated heterocycles. The van der Waals surface area contributed by atoms with Crippen LogP contribution >= 0.6 is 11.3 Å². The van der Waals surface area contributed by atoms with Gasteiger partial charge in [0.1, 0.15) is 10.8 Å². The minimum atomic E-state index is -4.56. The van der Waals surface area contributed by atoms with Gasteiger partial charge in [-0.1, -0.05) is 6.92 Å². The smallest absolute Gasteiger partial charge is 0.330 e. The second kappa shape index (κ2) is 6.21. The van der Waals surface area contributed by atoms with Gasteiger partial charge in [0.05, 0.1) is 0 Å². The van der Waals surface area contributed by atoms with Crippen LogP contribution in [0.4, 0.5) is 13.2 Å². The Hall–Kier alpha value is -0.640. The zero-order valence-corrected chi connectivity index (χ0v) is 11.9. The molecule has 0 bridgehead atoms. The van der Waals surface area contributed by atoms with Gasteiger partial charge in [0, 0.05) is 11.4 Å². The number of rotatable bonds is 6. The van der Waals surface area contributed by atoms with E-state index in [9.17, 15) is 21.6 Å². The van der Waals surface area contributed by atoms with E-state index in [0.29, 0.717) is 17.3 Å². The third-order valence-electron chi connectivity index (χ3n) is 2.33. The lowest BCUT2D eigenvalue weighted by molar-refractivity contribution is -0.135. The molecule has 0 saturated carbocycles. The number of alkyl halides is 3. The molecule has 110 valence electrons. The van der Waals surface area contributed by atoms with Gasteiger partial charge in [-0.3, -0.25) is 0 Å². The van der Waals surface area contributed by atoms with Gasteiger partial charge in [0.2, 0.25) is 0 Å². The van der Waals surface area contributed by atoms with Crippen LogP contribution < -0.4 is 5.73 Å². The molecule has 0 aliphatic carbocycles. The number of hydrogen-bond donors (Lipinski definition) is 1. The summed E-state index contributed by atoms with van der Waals surface area (Å²) in [5, 5.41) is 0. The summed E-state index contributed by atoms with van der Waals surface area (Å²) >= 11 is 0.957. The van der Waals surface area contributed by atoms with Crippen LogP contribution in [0.2, 0.25) is 0 Å². The number of thiophene rings is 1. The van der Waals surface area contributed by atoms with Crippen LogP contribution in [0.5, 0.6) is 0 Å². The van der Waals surface area contributed by atoms with Crippen molar-refractivity contribution >= 4 is 21.4 Å². The molecule has 0 amide bonds. The highest BCUT2D eigenvalue weighted by Crippen LogP contribution is 2.27. The number of nitrogens with two attached hydrogens (primary N) is 1. The molecule has 0 aromatic carbocycles. The molecule has 19 heavy (non-hydrogen) atoms. The average molecular weight is 316 g/mol. The summed E-state index contributed by atoms with van der Waals surface area (Å²) in [4.78, 5) is 0.740. The molecule has 4 nitrogen and oxygen atoms in total. The fourth-order valence-electron chi connectivity index (χ4n) is 1.47. The van der Waals surface area contributed by atoms with Crippen molar-refractivity contribution < 1.29 is 21.6 Å². The second-order valence-corrected chi connectivity index (χ2v) is 7.14. The van der Waals surface area contributed by atoms with Crippen LogP contribution in [0.3, 0.4) is 0 Å². The van der Waals surface area contributed by atoms with Crippen molar-refractivity contribution in [2.24, 2.45) is 5.73 Å². The Balaban J connectivity index is 2.99. The SMILES string of the molecule is CCN(CC(F)(F)F)S(=O)(=O)c1ccc(CCN)s1. The van der Waals surface area contributed by atoms with Crippen molar-refractivity contribution in [3.63, 3.8) is 0 Å². The number of halogens is 3. The second-order valence-electron chi connectivity index (χ2n) is 3.81. The first-order valence-electron chi connectivity index (χ1n) is 5.56. The van der Waals surface area contributed by atoms with Gasteiger partial charge in [-0.15, -0.1) is 11.3 Å². The molecule has 2 N–H and O–H groups in total. The van der Waals surface area contributed by atoms with Gasteiger partial charge >= 0.3 is 6.18 Å². The van der Waals surface area contributed by atoms with Crippen molar-refractivity contribution in [1.82, 2.24) is 4.31 Å². The lowest BCUT2D eigenvalue weighted by Gasteiger charge is -2.20. The first-order valence-corrected chi connectivity index (χ1v) is 7.82. The van der Waals surface area contributed by atoms with Gasteiger partial charge in [0.25, 0.3) is 10.0 Å². The summed E-state index contributed by atoms with van der Waals surface area (Å²) in [6.45, 7) is 0.0274. The maximum atomic E-state index is 12.3. The van der Waals surface area contributed by atoms with Crippen molar-refractivity contribution in [3.05, 3.63) is 17.0 Å². The maximum absolute atomic E-state index is 12.3. The summed E-state index contributed by atoms with van der Waals surface area (Å²) in [5.41, 5.74) is 5.35. The predicted octanol–water partition coefficient (Wildman–Crippen LogP) is 1.82. The zero-order valence-electron chi connectivity index (χ0n) is 10.3. The molecule has 0 fully saturated rings. The Morgan fingerprint density at radius 2 is 2.00 bits per heavy atom. The molecule has 1 aromatic rings. The quantitative estimate of drug-likeness (QED) is 0.871. The largest absolute Gasteiger partial charge is 0.402 e. The summed E-state index contributed by atoms with van der Waals surface area (Å²) in [6, 6.07) is 2.90. The predicted molar refractivity (Wildman–Crippen MR) is 67.6 cm³/mol. The third-order valence-corrected chi connectivity index (χ3v) is 5.86. The summed E-state index contributed by atoms with van der Waals surface area (Å²) in [7, 11) is -4.09. The summed E-state index contributed by atoms with van der Waals surface area (Å²) in [6.07, 6.45) is -4.05. The van der Waals surface area contributed by atoms with Gasteiger partial charge in [-0.25, -0.2) is 8.42 Å². The molecule has 1 rings (SSSR count). The van der Waals surface area contributed by atoms with Crippen molar-refractivity contribution in [2.75, 3.05) is 19.6 Å². The summed E-state index contributed by atoms with van der Waals surface area (Å²) < 4.78 is 61.5. The molecule has 0 spiro atoms. The van der Waals surface area contributed by atoms with Gasteiger partial charge in [-0.05, 0) is 25.1 Å². The molecule has 0 aliphatic rings. The van der Waals surface area contributed by atoms with E-state index in [2.05, 4.69) is 0 Å². The van der Waals surface area contributed by atoms with E-state index in [1.54, 1.807) is 6.07 Å². The Labute approximate surface area is 114 Å². The van der Waals surface area contributed by atoms with Crippen molar-refractivity contribution in [1.29, 1.82) is 0 Å². The summed E-state index contributed by atoms with van der Waals surface area (Å²) in [5.74, 6) is 0. The number of nitrogens with zero attached hydrogens (tertiary/aromatic N) is 1. The monoisotopic (exact) mass is 316 g/mol. The maximum Gasteiger partial charge on any atom is 0.402 e. The first kappa shape index (κ1) is 16.4. The minimum Gasteiger partial charge on any atom is -0.330 e. The van der Waals surface area contributed by atoms with Crippen molar-refractivity contribution in [2.45, 2.75) is 23.7 Å². The highest BCUT2D eigenvalue weighted by Gasteiger charge is 2.36. The highest BCUT2D eigenvalue weighted by atomic mass is 32.2. The van der Waals surface area contributed by atoms with E-state index in [4.69, 9.17) is 5.73 Å². The van der Waals surface area contributed by atoms with E-state index in [1.165, 1.54) is 13.0 Å². The zero-order chi connectivity index (χ0) is 14.7. The van der Waals surface area contributed by atoms with Crippen LogP contribution in [0.25, 0.3) is 0 Å². The molecular weight excluding hydrogens is 301 g/mol. The van der Waals surface area contributed by atoms with Crippen LogP contribution in [0.1, 0.15) is 11.8 Å². The highest BCUT2D eigenvalue weighted by molar-refractivity contribution is 7.91. The number of hydrogen-bond acceptors (Lipinski definition) is 4. The Morgan fingerprint density at radius 3 is 2.47 bits per heavy atom. The topological polar surface area (TPSA) is 63.4 Å². The molecule has 1 heterocycles. The average Bonchev–Trinajstić information content (AvgIpc) is 2.74. The van der Waals surface area contributed by atoms with Gasteiger partial charge in [0.15, 0.2) is 0 Å².